The molecule has 0 bridgehead atoms. The van der Waals surface area contributed by atoms with Crippen molar-refractivity contribution in [3.63, 3.8) is 0 Å². The molecule has 3 nitrogen and oxygen atoms in total. The van der Waals surface area contributed by atoms with Gasteiger partial charge in [-0.3, -0.25) is 4.98 Å². The minimum atomic E-state index is 0.214. The molecule has 0 spiro atoms. The second-order valence-electron chi connectivity index (χ2n) is 3.33. The summed E-state index contributed by atoms with van der Waals surface area (Å²) < 4.78 is 0. The maximum Gasteiger partial charge on any atom is 0.0333 e. The number of rotatable bonds is 4. The third-order valence-corrected chi connectivity index (χ3v) is 2.06. The maximum atomic E-state index is 5.75. The fraction of sp³-hybridized carbons (Fsp3) is 0.500. The van der Waals surface area contributed by atoms with Gasteiger partial charge in [0.25, 0.3) is 0 Å². The Morgan fingerprint density at radius 1 is 1.46 bits per heavy atom. The highest BCUT2D eigenvalue weighted by atomic mass is 14.9. The molecular formula is C10H17N3. The van der Waals surface area contributed by atoms with E-state index in [-0.39, 0.29) is 6.04 Å². The third-order valence-electron chi connectivity index (χ3n) is 2.06. The third kappa shape index (κ3) is 3.13. The van der Waals surface area contributed by atoms with E-state index in [0.29, 0.717) is 6.04 Å². The molecule has 0 aliphatic heterocycles. The lowest BCUT2D eigenvalue weighted by atomic mass is 10.0. The Balaban J connectivity index is 2.67. The van der Waals surface area contributed by atoms with E-state index in [9.17, 15) is 0 Å². The molecule has 0 saturated heterocycles. The Kier molecular flexibility index (Phi) is 3.86. The number of nitrogens with two attached hydrogens (primary N) is 1. The standard InChI is InChI=1S/C10H17N3/c1-8(11)7-10(12-2)9-3-5-13-6-4-9/h3-6,8,10,12H,7,11H2,1-2H3. The van der Waals surface area contributed by atoms with Crippen molar-refractivity contribution >= 4 is 0 Å². The van der Waals surface area contributed by atoms with Crippen LogP contribution in [0.25, 0.3) is 0 Å². The minimum Gasteiger partial charge on any atom is -0.328 e. The van der Waals surface area contributed by atoms with Gasteiger partial charge in [0.15, 0.2) is 0 Å². The van der Waals surface area contributed by atoms with Crippen molar-refractivity contribution in [1.82, 2.24) is 10.3 Å². The first-order valence-electron chi connectivity index (χ1n) is 4.56. The van der Waals surface area contributed by atoms with E-state index in [1.54, 1.807) is 12.4 Å². The summed E-state index contributed by atoms with van der Waals surface area (Å²) in [5, 5.41) is 3.24. The van der Waals surface area contributed by atoms with E-state index in [1.807, 2.05) is 26.1 Å². The molecular weight excluding hydrogens is 162 g/mol. The van der Waals surface area contributed by atoms with E-state index in [1.165, 1.54) is 5.56 Å². The Hall–Kier alpha value is -0.930. The molecule has 1 aromatic rings. The van der Waals surface area contributed by atoms with E-state index in [4.69, 9.17) is 5.73 Å². The van der Waals surface area contributed by atoms with Gasteiger partial charge in [0, 0.05) is 24.5 Å². The van der Waals surface area contributed by atoms with Gasteiger partial charge in [0.1, 0.15) is 0 Å². The van der Waals surface area contributed by atoms with Crippen LogP contribution in [0.1, 0.15) is 24.9 Å². The predicted octanol–water partition coefficient (Wildman–Crippen LogP) is 1.08. The molecule has 0 aliphatic rings. The fourth-order valence-electron chi connectivity index (χ4n) is 1.39. The van der Waals surface area contributed by atoms with Crippen molar-refractivity contribution in [3.05, 3.63) is 30.1 Å². The summed E-state index contributed by atoms with van der Waals surface area (Å²) in [5.74, 6) is 0. The molecule has 1 rings (SSSR count). The van der Waals surface area contributed by atoms with Crippen LogP contribution in [0.15, 0.2) is 24.5 Å². The summed E-state index contributed by atoms with van der Waals surface area (Å²) in [7, 11) is 1.95. The van der Waals surface area contributed by atoms with Crippen molar-refractivity contribution in [2.45, 2.75) is 25.4 Å². The molecule has 2 atom stereocenters. The van der Waals surface area contributed by atoms with Gasteiger partial charge < -0.3 is 11.1 Å². The van der Waals surface area contributed by atoms with Crippen LogP contribution in [0, 0.1) is 0 Å². The van der Waals surface area contributed by atoms with Crippen LogP contribution in [0.2, 0.25) is 0 Å². The number of nitrogens with one attached hydrogen (secondary N) is 1. The molecule has 3 N–H and O–H groups in total. The summed E-state index contributed by atoms with van der Waals surface area (Å²) in [5.41, 5.74) is 7.00. The zero-order valence-electron chi connectivity index (χ0n) is 8.20. The smallest absolute Gasteiger partial charge is 0.0333 e. The maximum absolute atomic E-state index is 5.75. The monoisotopic (exact) mass is 179 g/mol. The highest BCUT2D eigenvalue weighted by Gasteiger charge is 2.10. The van der Waals surface area contributed by atoms with Gasteiger partial charge in [0.2, 0.25) is 0 Å². The van der Waals surface area contributed by atoms with Gasteiger partial charge in [-0.05, 0) is 38.1 Å². The molecule has 0 fully saturated rings. The van der Waals surface area contributed by atoms with Gasteiger partial charge in [-0.15, -0.1) is 0 Å². The van der Waals surface area contributed by atoms with Crippen LogP contribution < -0.4 is 11.1 Å². The number of aromatic nitrogens is 1. The fourth-order valence-corrected chi connectivity index (χ4v) is 1.39. The molecule has 0 aromatic carbocycles. The van der Waals surface area contributed by atoms with Crippen molar-refractivity contribution in [2.24, 2.45) is 5.73 Å². The SMILES string of the molecule is CNC(CC(C)N)c1ccncc1. The lowest BCUT2D eigenvalue weighted by molar-refractivity contribution is 0.499. The van der Waals surface area contributed by atoms with Gasteiger partial charge >= 0.3 is 0 Å². The average Bonchev–Trinajstić information content (AvgIpc) is 2.15. The Morgan fingerprint density at radius 3 is 2.54 bits per heavy atom. The lowest BCUT2D eigenvalue weighted by Crippen LogP contribution is -2.25. The molecule has 0 radical (unpaired) electrons. The molecule has 13 heavy (non-hydrogen) atoms. The van der Waals surface area contributed by atoms with Crippen molar-refractivity contribution in [1.29, 1.82) is 0 Å². The second kappa shape index (κ2) is 4.94. The summed E-state index contributed by atoms with van der Waals surface area (Å²) in [4.78, 5) is 3.98. The van der Waals surface area contributed by atoms with E-state index < -0.39 is 0 Å². The molecule has 0 amide bonds. The highest BCUT2D eigenvalue weighted by molar-refractivity contribution is 5.14. The Morgan fingerprint density at radius 2 is 2.08 bits per heavy atom. The minimum absolute atomic E-state index is 0.214. The number of pyridine rings is 1. The largest absolute Gasteiger partial charge is 0.328 e. The van der Waals surface area contributed by atoms with Crippen molar-refractivity contribution in [3.8, 4) is 0 Å². The van der Waals surface area contributed by atoms with E-state index in [2.05, 4.69) is 10.3 Å². The van der Waals surface area contributed by atoms with Gasteiger partial charge in [0.05, 0.1) is 0 Å². The lowest BCUT2D eigenvalue weighted by Gasteiger charge is -2.18. The first kappa shape index (κ1) is 10.2. The molecule has 1 heterocycles. The van der Waals surface area contributed by atoms with Gasteiger partial charge in [-0.2, -0.15) is 0 Å². The van der Waals surface area contributed by atoms with Crippen LogP contribution in [0.4, 0.5) is 0 Å². The van der Waals surface area contributed by atoms with E-state index >= 15 is 0 Å². The van der Waals surface area contributed by atoms with Crippen LogP contribution >= 0.6 is 0 Å². The molecule has 0 aliphatic carbocycles. The van der Waals surface area contributed by atoms with Crippen molar-refractivity contribution < 1.29 is 0 Å². The zero-order valence-corrected chi connectivity index (χ0v) is 8.20. The average molecular weight is 179 g/mol. The van der Waals surface area contributed by atoms with Crippen LogP contribution in [-0.2, 0) is 0 Å². The Labute approximate surface area is 79.4 Å². The summed E-state index contributed by atoms with van der Waals surface area (Å²) >= 11 is 0. The first-order chi connectivity index (χ1) is 6.24. The summed E-state index contributed by atoms with van der Waals surface area (Å²) in [6.07, 6.45) is 4.56. The molecule has 72 valence electrons. The second-order valence-corrected chi connectivity index (χ2v) is 3.33. The predicted molar refractivity (Wildman–Crippen MR) is 54.3 cm³/mol. The summed E-state index contributed by atoms with van der Waals surface area (Å²) in [6.45, 7) is 2.02. The topological polar surface area (TPSA) is 50.9 Å². The molecule has 1 aromatic heterocycles. The quantitative estimate of drug-likeness (QED) is 0.727. The highest BCUT2D eigenvalue weighted by Crippen LogP contribution is 2.15. The molecule has 3 heteroatoms. The van der Waals surface area contributed by atoms with Crippen LogP contribution in [0.5, 0.6) is 0 Å². The summed E-state index contributed by atoms with van der Waals surface area (Å²) in [6, 6.07) is 4.58. The Bertz CT molecular complexity index is 233. The number of nitrogens with zero attached hydrogens (tertiary/aromatic N) is 1. The number of hydrogen-bond donors (Lipinski definition) is 2. The molecule has 2 unspecified atom stereocenters. The van der Waals surface area contributed by atoms with Crippen LogP contribution in [0.3, 0.4) is 0 Å². The van der Waals surface area contributed by atoms with Crippen LogP contribution in [-0.4, -0.2) is 18.1 Å². The van der Waals surface area contributed by atoms with Gasteiger partial charge in [-0.25, -0.2) is 0 Å². The zero-order chi connectivity index (χ0) is 9.68. The first-order valence-corrected chi connectivity index (χ1v) is 4.56. The normalized spacial score (nSPS) is 15.3. The van der Waals surface area contributed by atoms with Gasteiger partial charge in [-0.1, -0.05) is 0 Å². The number of hydrogen-bond acceptors (Lipinski definition) is 3. The molecule has 0 saturated carbocycles. The van der Waals surface area contributed by atoms with E-state index in [0.717, 1.165) is 6.42 Å². The van der Waals surface area contributed by atoms with Crippen molar-refractivity contribution in [2.75, 3.05) is 7.05 Å².